The lowest BCUT2D eigenvalue weighted by molar-refractivity contribution is -0.116. The monoisotopic (exact) mass is 393 g/mol. The molecule has 0 spiro atoms. The lowest BCUT2D eigenvalue weighted by Gasteiger charge is -2.13. The molecule has 136 valence electrons. The summed E-state index contributed by atoms with van der Waals surface area (Å²) in [5.41, 5.74) is 0.821. The van der Waals surface area contributed by atoms with E-state index in [1.165, 1.54) is 18.2 Å². The minimum absolute atomic E-state index is 0.0443. The Hall–Kier alpha value is -2.51. The number of rotatable bonds is 5. The van der Waals surface area contributed by atoms with Crippen molar-refractivity contribution in [2.45, 2.75) is 19.8 Å². The fourth-order valence-electron chi connectivity index (χ4n) is 2.12. The molecule has 2 rings (SSSR count). The molecule has 0 aliphatic heterocycles. The molecule has 0 fully saturated rings. The first-order valence-corrected chi connectivity index (χ1v) is 8.65. The summed E-state index contributed by atoms with van der Waals surface area (Å²) < 4.78 is 13.6. The van der Waals surface area contributed by atoms with Crippen molar-refractivity contribution < 1.29 is 14.0 Å². The van der Waals surface area contributed by atoms with Gasteiger partial charge in [-0.15, -0.1) is 0 Å². The van der Waals surface area contributed by atoms with Crippen molar-refractivity contribution >= 4 is 52.1 Å². The second kappa shape index (κ2) is 9.26. The van der Waals surface area contributed by atoms with E-state index in [1.807, 2.05) is 6.92 Å². The van der Waals surface area contributed by atoms with Crippen LogP contribution in [0.3, 0.4) is 0 Å². The van der Waals surface area contributed by atoms with Crippen molar-refractivity contribution in [3.8, 4) is 0 Å². The third-order valence-corrected chi connectivity index (χ3v) is 3.85. The Morgan fingerprint density at radius 3 is 2.58 bits per heavy atom. The van der Waals surface area contributed by atoms with E-state index in [2.05, 4.69) is 16.0 Å². The third-order valence-electron chi connectivity index (χ3n) is 3.32. The van der Waals surface area contributed by atoms with Crippen molar-refractivity contribution in [2.24, 2.45) is 0 Å². The fraction of sp³-hybridized carbons (Fsp3) is 0.167. The molecule has 5 nitrogen and oxygen atoms in total. The number of amides is 2. The highest BCUT2D eigenvalue weighted by Crippen LogP contribution is 2.25. The van der Waals surface area contributed by atoms with Crippen molar-refractivity contribution in [2.75, 3.05) is 10.6 Å². The topological polar surface area (TPSA) is 70.2 Å². The summed E-state index contributed by atoms with van der Waals surface area (Å²) in [4.78, 5) is 23.7. The number of anilines is 2. The summed E-state index contributed by atoms with van der Waals surface area (Å²) in [5.74, 6) is -1.44. The number of halogens is 2. The average Bonchev–Trinajstić information content (AvgIpc) is 2.58. The van der Waals surface area contributed by atoms with Crippen molar-refractivity contribution in [3.63, 3.8) is 0 Å². The molecule has 26 heavy (non-hydrogen) atoms. The number of hydrogen-bond donors (Lipinski definition) is 3. The van der Waals surface area contributed by atoms with Gasteiger partial charge in [-0.3, -0.25) is 14.9 Å². The zero-order chi connectivity index (χ0) is 19.1. The number of carbonyl (C=O) groups is 2. The molecule has 0 radical (unpaired) electrons. The Bertz CT molecular complexity index is 845. The quantitative estimate of drug-likeness (QED) is 0.661. The molecule has 0 aliphatic rings. The van der Waals surface area contributed by atoms with Gasteiger partial charge >= 0.3 is 0 Å². The van der Waals surface area contributed by atoms with Gasteiger partial charge in [0.2, 0.25) is 5.91 Å². The van der Waals surface area contributed by atoms with Crippen LogP contribution in [0.2, 0.25) is 5.02 Å². The van der Waals surface area contributed by atoms with Gasteiger partial charge in [0, 0.05) is 12.1 Å². The van der Waals surface area contributed by atoms with Crippen molar-refractivity contribution in [1.82, 2.24) is 5.32 Å². The zero-order valence-corrected chi connectivity index (χ0v) is 15.5. The van der Waals surface area contributed by atoms with Crippen LogP contribution in [0, 0.1) is 5.82 Å². The molecule has 8 heteroatoms. The standard InChI is InChI=1S/C18H17ClFN3O2S/c1-2-5-16(24)21-11-8-9-13(19)15(10-11)22-18(26)23-17(25)12-6-3-4-7-14(12)20/h3-4,6-10H,2,5H2,1H3,(H,21,24)(H2,22,23,25,26). The zero-order valence-electron chi connectivity index (χ0n) is 13.9. The Balaban J connectivity index is 2.05. The first kappa shape index (κ1) is 19.8. The van der Waals surface area contributed by atoms with Gasteiger partial charge in [0.1, 0.15) is 5.82 Å². The van der Waals surface area contributed by atoms with Gasteiger partial charge in [-0.05, 0) is 49.0 Å². The van der Waals surface area contributed by atoms with Crippen LogP contribution >= 0.6 is 23.8 Å². The maximum absolute atomic E-state index is 13.6. The predicted octanol–water partition coefficient (Wildman–Crippen LogP) is 4.34. The van der Waals surface area contributed by atoms with E-state index in [1.54, 1.807) is 24.3 Å². The lowest BCUT2D eigenvalue weighted by atomic mass is 10.2. The summed E-state index contributed by atoms with van der Waals surface area (Å²) in [7, 11) is 0. The molecular weight excluding hydrogens is 377 g/mol. The van der Waals surface area contributed by atoms with E-state index in [9.17, 15) is 14.0 Å². The van der Waals surface area contributed by atoms with Crippen LogP contribution in [0.5, 0.6) is 0 Å². The predicted molar refractivity (Wildman–Crippen MR) is 105 cm³/mol. The largest absolute Gasteiger partial charge is 0.331 e. The molecule has 2 aromatic rings. The molecule has 0 bridgehead atoms. The summed E-state index contributed by atoms with van der Waals surface area (Å²) in [6.07, 6.45) is 1.14. The molecule has 0 heterocycles. The highest BCUT2D eigenvalue weighted by molar-refractivity contribution is 7.80. The molecule has 2 aromatic carbocycles. The van der Waals surface area contributed by atoms with Crippen LogP contribution in [0.15, 0.2) is 42.5 Å². The number of benzene rings is 2. The Morgan fingerprint density at radius 2 is 1.88 bits per heavy atom. The van der Waals surface area contributed by atoms with Crippen LogP contribution in [0.1, 0.15) is 30.1 Å². The van der Waals surface area contributed by atoms with Crippen molar-refractivity contribution in [1.29, 1.82) is 0 Å². The van der Waals surface area contributed by atoms with Gasteiger partial charge in [0.15, 0.2) is 5.11 Å². The van der Waals surface area contributed by atoms with Gasteiger partial charge in [-0.25, -0.2) is 4.39 Å². The van der Waals surface area contributed by atoms with Gasteiger partial charge in [0.25, 0.3) is 5.91 Å². The molecule has 0 saturated heterocycles. The summed E-state index contributed by atoms with van der Waals surface area (Å²) >= 11 is 11.2. The van der Waals surface area contributed by atoms with E-state index < -0.39 is 11.7 Å². The van der Waals surface area contributed by atoms with E-state index in [4.69, 9.17) is 23.8 Å². The normalized spacial score (nSPS) is 10.1. The summed E-state index contributed by atoms with van der Waals surface area (Å²) in [6, 6.07) is 10.4. The minimum atomic E-state index is -0.677. The molecule has 0 aliphatic carbocycles. The average molecular weight is 394 g/mol. The molecule has 0 aromatic heterocycles. The van der Waals surface area contributed by atoms with E-state index in [0.29, 0.717) is 22.8 Å². The van der Waals surface area contributed by atoms with Crippen LogP contribution < -0.4 is 16.0 Å². The fourth-order valence-corrected chi connectivity index (χ4v) is 2.49. The second-order valence-electron chi connectivity index (χ2n) is 5.38. The smallest absolute Gasteiger partial charge is 0.260 e. The van der Waals surface area contributed by atoms with Gasteiger partial charge < -0.3 is 10.6 Å². The van der Waals surface area contributed by atoms with Crippen LogP contribution in [-0.4, -0.2) is 16.9 Å². The molecule has 2 amide bonds. The molecular formula is C18H17ClFN3O2S. The van der Waals surface area contributed by atoms with Gasteiger partial charge in [0.05, 0.1) is 16.3 Å². The number of thiocarbonyl (C=S) groups is 1. The highest BCUT2D eigenvalue weighted by Gasteiger charge is 2.13. The first-order valence-electron chi connectivity index (χ1n) is 7.87. The van der Waals surface area contributed by atoms with Crippen LogP contribution in [-0.2, 0) is 4.79 Å². The summed E-state index contributed by atoms with van der Waals surface area (Å²) in [6.45, 7) is 1.91. The molecule has 3 N–H and O–H groups in total. The highest BCUT2D eigenvalue weighted by atomic mass is 35.5. The maximum Gasteiger partial charge on any atom is 0.260 e. The van der Waals surface area contributed by atoms with Crippen LogP contribution in [0.4, 0.5) is 15.8 Å². The Kier molecular flexibility index (Phi) is 7.06. The maximum atomic E-state index is 13.6. The van der Waals surface area contributed by atoms with E-state index in [-0.39, 0.29) is 16.6 Å². The third kappa shape index (κ3) is 5.50. The van der Waals surface area contributed by atoms with E-state index >= 15 is 0 Å². The van der Waals surface area contributed by atoms with E-state index in [0.717, 1.165) is 6.42 Å². The summed E-state index contributed by atoms with van der Waals surface area (Å²) in [5, 5.41) is 8.20. The minimum Gasteiger partial charge on any atom is -0.331 e. The second-order valence-corrected chi connectivity index (χ2v) is 6.20. The van der Waals surface area contributed by atoms with Gasteiger partial charge in [-0.2, -0.15) is 0 Å². The van der Waals surface area contributed by atoms with Gasteiger partial charge in [-0.1, -0.05) is 30.7 Å². The number of nitrogens with one attached hydrogen (secondary N) is 3. The lowest BCUT2D eigenvalue weighted by Crippen LogP contribution is -2.34. The van der Waals surface area contributed by atoms with Crippen LogP contribution in [0.25, 0.3) is 0 Å². The Labute approximate surface area is 160 Å². The molecule has 0 saturated carbocycles. The van der Waals surface area contributed by atoms with Crippen molar-refractivity contribution in [3.05, 3.63) is 58.9 Å². The SMILES string of the molecule is CCCC(=O)Nc1ccc(Cl)c(NC(=S)NC(=O)c2ccccc2F)c1. The Morgan fingerprint density at radius 1 is 1.15 bits per heavy atom. The first-order chi connectivity index (χ1) is 12.4. The number of hydrogen-bond acceptors (Lipinski definition) is 3. The number of carbonyl (C=O) groups excluding carboxylic acids is 2. The molecule has 0 unspecified atom stereocenters. The molecule has 0 atom stereocenters.